The molecule has 0 amide bonds. The zero-order valence-electron chi connectivity index (χ0n) is 10.5. The average molecular weight is 250 g/mol. The molecule has 1 N–H and O–H groups in total. The van der Waals surface area contributed by atoms with Crippen molar-refractivity contribution in [2.75, 3.05) is 7.05 Å². The quantitative estimate of drug-likeness (QED) is 0.742. The number of benzene rings is 1. The lowest BCUT2D eigenvalue weighted by atomic mass is 9.87. The van der Waals surface area contributed by atoms with E-state index in [1.54, 1.807) is 6.08 Å². The first kappa shape index (κ1) is 14.0. The third-order valence-corrected chi connectivity index (χ3v) is 3.43. The maximum Gasteiger partial charge on any atom is 0.0456 e. The monoisotopic (exact) mass is 249 g/mol. The molecule has 92 valence electrons. The van der Waals surface area contributed by atoms with Gasteiger partial charge in [-0.15, -0.1) is 0 Å². The zero-order valence-corrected chi connectivity index (χ0v) is 11.3. The van der Waals surface area contributed by atoms with Crippen molar-refractivity contribution in [2.45, 2.75) is 25.3 Å². The molecule has 0 heterocycles. The topological polar surface area (TPSA) is 12.0 Å². The van der Waals surface area contributed by atoms with Crippen LogP contribution in [0.15, 0.2) is 49.1 Å². The molecule has 2 heteroatoms. The van der Waals surface area contributed by atoms with Gasteiger partial charge in [0.05, 0.1) is 0 Å². The molecule has 0 spiro atoms. The zero-order chi connectivity index (χ0) is 12.7. The largest absolute Gasteiger partial charge is 0.311 e. The van der Waals surface area contributed by atoms with Crippen molar-refractivity contribution >= 4 is 11.6 Å². The van der Waals surface area contributed by atoms with E-state index in [-0.39, 0.29) is 5.54 Å². The van der Waals surface area contributed by atoms with Crippen LogP contribution in [-0.2, 0) is 5.54 Å². The van der Waals surface area contributed by atoms with Crippen LogP contribution in [-0.4, -0.2) is 7.05 Å². The second kappa shape index (κ2) is 6.63. The van der Waals surface area contributed by atoms with Gasteiger partial charge in [0.25, 0.3) is 0 Å². The van der Waals surface area contributed by atoms with Crippen molar-refractivity contribution in [3.05, 3.63) is 59.7 Å². The second-order valence-corrected chi connectivity index (χ2v) is 4.67. The number of hydrogen-bond donors (Lipinski definition) is 1. The SMILES string of the molecule is C=C/C=C\CCC(C)(NC)c1ccccc1Cl. The number of hydrogen-bond acceptors (Lipinski definition) is 1. The molecule has 0 saturated heterocycles. The Kier molecular flexibility index (Phi) is 5.46. The first-order valence-electron chi connectivity index (χ1n) is 5.85. The minimum absolute atomic E-state index is 0.0934. The van der Waals surface area contributed by atoms with Crippen molar-refractivity contribution in [2.24, 2.45) is 0 Å². The number of allylic oxidation sites excluding steroid dienone is 3. The lowest BCUT2D eigenvalue weighted by molar-refractivity contribution is 0.372. The fraction of sp³-hybridized carbons (Fsp3) is 0.333. The van der Waals surface area contributed by atoms with Crippen molar-refractivity contribution in [1.29, 1.82) is 0 Å². The third-order valence-electron chi connectivity index (χ3n) is 3.10. The van der Waals surface area contributed by atoms with Crippen LogP contribution in [0.4, 0.5) is 0 Å². The Hall–Kier alpha value is -1.05. The Balaban J connectivity index is 2.84. The van der Waals surface area contributed by atoms with E-state index in [9.17, 15) is 0 Å². The van der Waals surface area contributed by atoms with Crippen LogP contribution >= 0.6 is 11.6 Å². The smallest absolute Gasteiger partial charge is 0.0456 e. The Labute approximate surface area is 109 Å². The lowest BCUT2D eigenvalue weighted by Gasteiger charge is -2.30. The summed E-state index contributed by atoms with van der Waals surface area (Å²) in [4.78, 5) is 0. The summed E-state index contributed by atoms with van der Waals surface area (Å²) in [7, 11) is 1.97. The Morgan fingerprint density at radius 2 is 2.12 bits per heavy atom. The number of halogens is 1. The van der Waals surface area contributed by atoms with E-state index in [1.807, 2.05) is 31.3 Å². The van der Waals surface area contributed by atoms with Gasteiger partial charge in [-0.3, -0.25) is 0 Å². The normalized spacial score (nSPS) is 14.8. The molecule has 0 aliphatic heterocycles. The van der Waals surface area contributed by atoms with Gasteiger partial charge < -0.3 is 5.32 Å². The average Bonchev–Trinajstić information content (AvgIpc) is 2.35. The van der Waals surface area contributed by atoms with Crippen LogP contribution in [0.1, 0.15) is 25.3 Å². The van der Waals surface area contributed by atoms with Gasteiger partial charge in [-0.25, -0.2) is 0 Å². The molecular weight excluding hydrogens is 230 g/mol. The minimum atomic E-state index is -0.0934. The Morgan fingerprint density at radius 3 is 2.71 bits per heavy atom. The molecule has 1 atom stereocenters. The van der Waals surface area contributed by atoms with E-state index in [0.29, 0.717) is 0 Å². The molecule has 17 heavy (non-hydrogen) atoms. The van der Waals surface area contributed by atoms with Gasteiger partial charge in [-0.05, 0) is 38.4 Å². The second-order valence-electron chi connectivity index (χ2n) is 4.26. The van der Waals surface area contributed by atoms with Gasteiger partial charge in [0.15, 0.2) is 0 Å². The first-order valence-corrected chi connectivity index (χ1v) is 6.23. The summed E-state index contributed by atoms with van der Waals surface area (Å²) >= 11 is 6.25. The minimum Gasteiger partial charge on any atom is -0.311 e. The summed E-state index contributed by atoms with van der Waals surface area (Å²) in [5, 5.41) is 4.19. The third kappa shape index (κ3) is 3.72. The Morgan fingerprint density at radius 1 is 1.41 bits per heavy atom. The molecule has 1 unspecified atom stereocenters. The molecule has 0 saturated carbocycles. The molecule has 0 aromatic heterocycles. The maximum absolute atomic E-state index is 6.25. The molecular formula is C15H20ClN. The molecule has 0 bridgehead atoms. The standard InChI is InChI=1S/C15H20ClN/c1-4-5-6-9-12-15(2,17-3)13-10-7-8-11-14(13)16/h4-8,10-11,17H,1,9,12H2,2-3H3/b6-5-. The summed E-state index contributed by atoms with van der Waals surface area (Å²) in [6.45, 7) is 5.84. The predicted octanol–water partition coefficient (Wildman–Crippen LogP) is 4.30. The van der Waals surface area contributed by atoms with Gasteiger partial charge in [0.2, 0.25) is 0 Å². The van der Waals surface area contributed by atoms with E-state index >= 15 is 0 Å². The highest BCUT2D eigenvalue weighted by atomic mass is 35.5. The molecule has 0 aliphatic carbocycles. The van der Waals surface area contributed by atoms with E-state index in [1.165, 1.54) is 0 Å². The highest BCUT2D eigenvalue weighted by Crippen LogP contribution is 2.31. The number of rotatable bonds is 6. The van der Waals surface area contributed by atoms with Crippen molar-refractivity contribution < 1.29 is 0 Å². The summed E-state index contributed by atoms with van der Waals surface area (Å²) in [6, 6.07) is 8.00. The van der Waals surface area contributed by atoms with Crippen LogP contribution in [0.25, 0.3) is 0 Å². The van der Waals surface area contributed by atoms with E-state index in [4.69, 9.17) is 11.6 Å². The van der Waals surface area contributed by atoms with Gasteiger partial charge in [-0.1, -0.05) is 54.6 Å². The summed E-state index contributed by atoms with van der Waals surface area (Å²) in [5.74, 6) is 0. The molecule has 0 radical (unpaired) electrons. The molecule has 0 fully saturated rings. The molecule has 1 nitrogen and oxygen atoms in total. The van der Waals surface area contributed by atoms with Crippen LogP contribution < -0.4 is 5.32 Å². The molecule has 1 rings (SSSR count). The van der Waals surface area contributed by atoms with E-state index < -0.39 is 0 Å². The summed E-state index contributed by atoms with van der Waals surface area (Å²) < 4.78 is 0. The van der Waals surface area contributed by atoms with Crippen molar-refractivity contribution in [3.63, 3.8) is 0 Å². The summed E-state index contributed by atoms with van der Waals surface area (Å²) in [5.41, 5.74) is 1.06. The van der Waals surface area contributed by atoms with E-state index in [0.717, 1.165) is 23.4 Å². The van der Waals surface area contributed by atoms with Gasteiger partial charge >= 0.3 is 0 Å². The van der Waals surface area contributed by atoms with E-state index in [2.05, 4.69) is 31.0 Å². The summed E-state index contributed by atoms with van der Waals surface area (Å²) in [6.07, 6.45) is 7.89. The lowest BCUT2D eigenvalue weighted by Crippen LogP contribution is -2.36. The van der Waals surface area contributed by atoms with Gasteiger partial charge in [0, 0.05) is 10.6 Å². The van der Waals surface area contributed by atoms with Crippen LogP contribution in [0.3, 0.4) is 0 Å². The highest BCUT2D eigenvalue weighted by Gasteiger charge is 2.25. The molecule has 1 aromatic rings. The van der Waals surface area contributed by atoms with Crippen molar-refractivity contribution in [1.82, 2.24) is 5.32 Å². The molecule has 0 aliphatic rings. The van der Waals surface area contributed by atoms with Crippen LogP contribution in [0.5, 0.6) is 0 Å². The van der Waals surface area contributed by atoms with Crippen molar-refractivity contribution in [3.8, 4) is 0 Å². The fourth-order valence-electron chi connectivity index (χ4n) is 1.87. The Bertz CT molecular complexity index is 398. The molecule has 1 aromatic carbocycles. The van der Waals surface area contributed by atoms with Gasteiger partial charge in [-0.2, -0.15) is 0 Å². The van der Waals surface area contributed by atoms with Crippen LogP contribution in [0.2, 0.25) is 5.02 Å². The first-order chi connectivity index (χ1) is 8.14. The van der Waals surface area contributed by atoms with Gasteiger partial charge in [0.1, 0.15) is 0 Å². The van der Waals surface area contributed by atoms with Crippen LogP contribution in [0, 0.1) is 0 Å². The highest BCUT2D eigenvalue weighted by molar-refractivity contribution is 6.31. The predicted molar refractivity (Wildman–Crippen MR) is 76.4 cm³/mol. The number of nitrogens with one attached hydrogen (secondary N) is 1. The maximum atomic E-state index is 6.25. The fourth-order valence-corrected chi connectivity index (χ4v) is 2.21.